The maximum Gasteiger partial charge on any atom is 0.246 e. The Hall–Kier alpha value is -1.40. The smallest absolute Gasteiger partial charge is 0.246 e. The first-order valence-corrected chi connectivity index (χ1v) is 5.87. The van der Waals surface area contributed by atoms with E-state index in [-0.39, 0.29) is 5.91 Å². The molecule has 1 saturated heterocycles. The van der Waals surface area contributed by atoms with E-state index >= 15 is 0 Å². The van der Waals surface area contributed by atoms with Gasteiger partial charge in [-0.25, -0.2) is 4.98 Å². The third-order valence-electron chi connectivity index (χ3n) is 3.19. The van der Waals surface area contributed by atoms with Crippen LogP contribution in [0.2, 0.25) is 0 Å². The third kappa shape index (κ3) is 2.65. The molecule has 0 saturated carbocycles. The number of nitrogens with zero attached hydrogens (tertiary/aromatic N) is 2. The molecule has 0 aliphatic carbocycles. The molecule has 0 atom stereocenters. The second-order valence-electron chi connectivity index (χ2n) is 4.69. The lowest BCUT2D eigenvalue weighted by atomic mass is 10.0. The summed E-state index contributed by atoms with van der Waals surface area (Å²) in [4.78, 5) is 21.2. The van der Waals surface area contributed by atoms with Gasteiger partial charge >= 0.3 is 0 Å². The van der Waals surface area contributed by atoms with Crippen molar-refractivity contribution >= 4 is 11.9 Å². The number of imidazole rings is 1. The standard InChI is InChI=1S/C11H19N5O/c1-11(2,16-7-5-12-6-8-16)9(17)15-10-13-3-4-14-10/h3-4,12H,5-8H2,1-2H3,(H2,13,14,15,17). The Morgan fingerprint density at radius 3 is 2.76 bits per heavy atom. The molecule has 1 fully saturated rings. The predicted octanol–water partition coefficient (Wildman–Crippen LogP) is 0.0320. The molecule has 94 valence electrons. The van der Waals surface area contributed by atoms with E-state index < -0.39 is 5.54 Å². The largest absolute Gasteiger partial charge is 0.331 e. The number of hydrogen-bond acceptors (Lipinski definition) is 4. The molecule has 1 amide bonds. The molecule has 17 heavy (non-hydrogen) atoms. The molecule has 1 aromatic heterocycles. The normalized spacial score (nSPS) is 18.0. The first-order valence-electron chi connectivity index (χ1n) is 5.87. The minimum absolute atomic E-state index is 0.0330. The molecule has 0 radical (unpaired) electrons. The summed E-state index contributed by atoms with van der Waals surface area (Å²) in [5.74, 6) is 0.465. The molecule has 6 nitrogen and oxygen atoms in total. The van der Waals surface area contributed by atoms with Crippen LogP contribution in [0, 0.1) is 0 Å². The Morgan fingerprint density at radius 2 is 2.18 bits per heavy atom. The van der Waals surface area contributed by atoms with Gasteiger partial charge in [0.25, 0.3) is 0 Å². The molecular formula is C11H19N5O. The maximum absolute atomic E-state index is 12.2. The zero-order valence-corrected chi connectivity index (χ0v) is 10.3. The highest BCUT2D eigenvalue weighted by Gasteiger charge is 2.35. The number of aromatic amines is 1. The second-order valence-corrected chi connectivity index (χ2v) is 4.69. The average Bonchev–Trinajstić information content (AvgIpc) is 2.83. The van der Waals surface area contributed by atoms with Gasteiger partial charge in [-0.1, -0.05) is 0 Å². The summed E-state index contributed by atoms with van der Waals surface area (Å²) in [6.07, 6.45) is 3.31. The summed E-state index contributed by atoms with van der Waals surface area (Å²) >= 11 is 0. The molecule has 2 rings (SSSR count). The number of carbonyl (C=O) groups excluding carboxylic acids is 1. The van der Waals surface area contributed by atoms with Crippen LogP contribution in [-0.2, 0) is 4.79 Å². The molecular weight excluding hydrogens is 218 g/mol. The number of hydrogen-bond donors (Lipinski definition) is 3. The van der Waals surface area contributed by atoms with Crippen LogP contribution in [0.4, 0.5) is 5.95 Å². The molecule has 3 N–H and O–H groups in total. The zero-order valence-electron chi connectivity index (χ0n) is 10.3. The Labute approximate surface area is 101 Å². The van der Waals surface area contributed by atoms with Gasteiger partial charge < -0.3 is 10.3 Å². The van der Waals surface area contributed by atoms with E-state index in [4.69, 9.17) is 0 Å². The summed E-state index contributed by atoms with van der Waals surface area (Å²) in [7, 11) is 0. The van der Waals surface area contributed by atoms with Gasteiger partial charge in [0.1, 0.15) is 0 Å². The molecule has 0 unspecified atom stereocenters. The molecule has 1 aliphatic heterocycles. The molecule has 1 aliphatic rings. The topological polar surface area (TPSA) is 73.0 Å². The molecule has 0 aromatic carbocycles. The fourth-order valence-corrected chi connectivity index (χ4v) is 1.96. The number of nitrogens with one attached hydrogen (secondary N) is 3. The minimum atomic E-state index is -0.519. The van der Waals surface area contributed by atoms with Crippen LogP contribution in [0.5, 0.6) is 0 Å². The quantitative estimate of drug-likeness (QED) is 0.693. The number of amides is 1. The van der Waals surface area contributed by atoms with Crippen molar-refractivity contribution in [3.8, 4) is 0 Å². The van der Waals surface area contributed by atoms with Gasteiger partial charge in [0.05, 0.1) is 5.54 Å². The van der Waals surface area contributed by atoms with Crippen molar-refractivity contribution in [2.24, 2.45) is 0 Å². The summed E-state index contributed by atoms with van der Waals surface area (Å²) in [6.45, 7) is 7.51. The van der Waals surface area contributed by atoms with E-state index in [0.29, 0.717) is 5.95 Å². The van der Waals surface area contributed by atoms with Crippen LogP contribution in [0.3, 0.4) is 0 Å². The Balaban J connectivity index is 2.00. The van der Waals surface area contributed by atoms with E-state index in [2.05, 4.69) is 25.5 Å². The average molecular weight is 237 g/mol. The highest BCUT2D eigenvalue weighted by molar-refractivity contribution is 5.96. The number of aromatic nitrogens is 2. The van der Waals surface area contributed by atoms with Crippen molar-refractivity contribution in [3.05, 3.63) is 12.4 Å². The van der Waals surface area contributed by atoms with E-state index in [1.54, 1.807) is 12.4 Å². The Bertz CT molecular complexity index is 367. The van der Waals surface area contributed by atoms with E-state index in [1.807, 2.05) is 13.8 Å². The van der Waals surface area contributed by atoms with Crippen molar-refractivity contribution in [2.75, 3.05) is 31.5 Å². The molecule has 6 heteroatoms. The zero-order chi connectivity index (χ0) is 12.3. The van der Waals surface area contributed by atoms with Gasteiger partial charge in [0.2, 0.25) is 11.9 Å². The summed E-state index contributed by atoms with van der Waals surface area (Å²) in [5.41, 5.74) is -0.519. The third-order valence-corrected chi connectivity index (χ3v) is 3.19. The summed E-state index contributed by atoms with van der Waals surface area (Å²) < 4.78 is 0. The highest BCUT2D eigenvalue weighted by atomic mass is 16.2. The van der Waals surface area contributed by atoms with Gasteiger partial charge in [0.15, 0.2) is 0 Å². The first kappa shape index (κ1) is 12.1. The van der Waals surface area contributed by atoms with Crippen molar-refractivity contribution in [1.29, 1.82) is 0 Å². The monoisotopic (exact) mass is 237 g/mol. The van der Waals surface area contributed by atoms with Crippen molar-refractivity contribution in [3.63, 3.8) is 0 Å². The van der Waals surface area contributed by atoms with E-state index in [0.717, 1.165) is 26.2 Å². The molecule has 0 bridgehead atoms. The number of anilines is 1. The maximum atomic E-state index is 12.2. The fourth-order valence-electron chi connectivity index (χ4n) is 1.96. The van der Waals surface area contributed by atoms with E-state index in [9.17, 15) is 4.79 Å². The summed E-state index contributed by atoms with van der Waals surface area (Å²) in [6, 6.07) is 0. The van der Waals surface area contributed by atoms with Gasteiger partial charge in [-0.05, 0) is 13.8 Å². The molecule has 0 spiro atoms. The van der Waals surface area contributed by atoms with Gasteiger partial charge in [-0.3, -0.25) is 15.0 Å². The van der Waals surface area contributed by atoms with Crippen LogP contribution in [0.25, 0.3) is 0 Å². The van der Waals surface area contributed by atoms with Gasteiger partial charge in [-0.15, -0.1) is 0 Å². The van der Waals surface area contributed by atoms with Crippen LogP contribution >= 0.6 is 0 Å². The van der Waals surface area contributed by atoms with Gasteiger partial charge in [-0.2, -0.15) is 0 Å². The summed E-state index contributed by atoms with van der Waals surface area (Å²) in [5, 5.41) is 6.07. The fraction of sp³-hybridized carbons (Fsp3) is 0.636. The Kier molecular flexibility index (Phi) is 3.44. The lowest BCUT2D eigenvalue weighted by Crippen LogP contribution is -2.58. The van der Waals surface area contributed by atoms with Crippen molar-refractivity contribution < 1.29 is 4.79 Å². The van der Waals surface area contributed by atoms with Crippen LogP contribution in [-0.4, -0.2) is 52.5 Å². The first-order chi connectivity index (χ1) is 8.10. The second kappa shape index (κ2) is 4.85. The molecule has 1 aromatic rings. The lowest BCUT2D eigenvalue weighted by Gasteiger charge is -2.39. The van der Waals surface area contributed by atoms with Crippen molar-refractivity contribution in [2.45, 2.75) is 19.4 Å². The van der Waals surface area contributed by atoms with Crippen molar-refractivity contribution in [1.82, 2.24) is 20.2 Å². The van der Waals surface area contributed by atoms with Gasteiger partial charge in [0, 0.05) is 38.6 Å². The lowest BCUT2D eigenvalue weighted by molar-refractivity contribution is -0.126. The number of carbonyl (C=O) groups is 1. The number of rotatable bonds is 3. The van der Waals surface area contributed by atoms with Crippen LogP contribution in [0.1, 0.15) is 13.8 Å². The minimum Gasteiger partial charge on any atom is -0.331 e. The SMILES string of the molecule is CC(C)(C(=O)Nc1ncc[nH]1)N1CCNCC1. The number of piperazine rings is 1. The highest BCUT2D eigenvalue weighted by Crippen LogP contribution is 2.16. The molecule has 2 heterocycles. The van der Waals surface area contributed by atoms with Crippen LogP contribution in [0.15, 0.2) is 12.4 Å². The predicted molar refractivity (Wildman–Crippen MR) is 65.7 cm³/mol. The number of H-pyrrole nitrogens is 1. The Morgan fingerprint density at radius 1 is 1.47 bits per heavy atom. The van der Waals surface area contributed by atoms with E-state index in [1.165, 1.54) is 0 Å². The van der Waals surface area contributed by atoms with Crippen LogP contribution < -0.4 is 10.6 Å².